The van der Waals surface area contributed by atoms with Crippen LogP contribution in [0.3, 0.4) is 0 Å². The number of rotatable bonds is 10. The molecule has 1 amide bonds. The van der Waals surface area contributed by atoms with Gasteiger partial charge in [-0.3, -0.25) is 4.79 Å². The third kappa shape index (κ3) is 6.71. The van der Waals surface area contributed by atoms with Crippen molar-refractivity contribution in [1.29, 1.82) is 10.5 Å². The minimum absolute atomic E-state index is 0.114. The van der Waals surface area contributed by atoms with E-state index >= 15 is 0 Å². The van der Waals surface area contributed by atoms with E-state index in [1.54, 1.807) is 12.1 Å². The average Bonchev–Trinajstić information content (AvgIpc) is 3.41. The van der Waals surface area contributed by atoms with E-state index in [0.29, 0.717) is 60.9 Å². The van der Waals surface area contributed by atoms with Crippen LogP contribution in [0.15, 0.2) is 18.3 Å². The zero-order valence-corrected chi connectivity index (χ0v) is 23.8. The van der Waals surface area contributed by atoms with Crippen LogP contribution in [-0.2, 0) is 14.3 Å². The molecule has 0 radical (unpaired) electrons. The Morgan fingerprint density at radius 1 is 1.29 bits per heavy atom. The van der Waals surface area contributed by atoms with Gasteiger partial charge in [0.25, 0.3) is 0 Å². The highest BCUT2D eigenvalue weighted by molar-refractivity contribution is 6.36. The number of imidazole rings is 1. The molecular weight excluding hydrogens is 566 g/mol. The van der Waals surface area contributed by atoms with Gasteiger partial charge in [0.05, 0.1) is 53.9 Å². The van der Waals surface area contributed by atoms with Crippen molar-refractivity contribution in [3.63, 3.8) is 0 Å². The van der Waals surface area contributed by atoms with Crippen LogP contribution in [0.1, 0.15) is 37.4 Å². The summed E-state index contributed by atoms with van der Waals surface area (Å²) >= 11 is 6.88. The quantitative estimate of drug-likeness (QED) is 0.248. The zero-order chi connectivity index (χ0) is 30.2. The van der Waals surface area contributed by atoms with Gasteiger partial charge in [0.1, 0.15) is 12.2 Å². The number of nitrogens with two attached hydrogens (primary N) is 1. The van der Waals surface area contributed by atoms with E-state index in [9.17, 15) is 20.1 Å². The second kappa shape index (κ2) is 13.7. The van der Waals surface area contributed by atoms with Gasteiger partial charge in [-0.25, -0.2) is 9.78 Å². The van der Waals surface area contributed by atoms with Crippen molar-refractivity contribution < 1.29 is 19.1 Å². The number of aromatic nitrogens is 4. The Kier molecular flexibility index (Phi) is 9.80. The number of nitrogens with zero attached hydrogens (tertiary/aromatic N) is 7. The summed E-state index contributed by atoms with van der Waals surface area (Å²) in [7, 11) is 1.26. The predicted molar refractivity (Wildman–Crippen MR) is 153 cm³/mol. The fourth-order valence-electron chi connectivity index (χ4n) is 4.52. The Morgan fingerprint density at radius 3 is 2.79 bits per heavy atom. The molecule has 16 heteroatoms. The molecule has 42 heavy (non-hydrogen) atoms. The van der Waals surface area contributed by atoms with Crippen LogP contribution in [0, 0.1) is 22.7 Å². The van der Waals surface area contributed by atoms with Crippen molar-refractivity contribution in [1.82, 2.24) is 24.9 Å². The van der Waals surface area contributed by atoms with E-state index in [1.807, 2.05) is 17.9 Å². The van der Waals surface area contributed by atoms with Gasteiger partial charge in [-0.2, -0.15) is 20.0 Å². The van der Waals surface area contributed by atoms with Crippen LogP contribution in [0.25, 0.3) is 5.65 Å². The number of nitrogens with one attached hydrogen (secondary N) is 3. The minimum atomic E-state index is -0.722. The summed E-state index contributed by atoms with van der Waals surface area (Å²) in [6.45, 7) is 3.39. The molecule has 1 saturated heterocycles. The lowest BCUT2D eigenvalue weighted by Gasteiger charge is -2.39. The van der Waals surface area contributed by atoms with E-state index in [-0.39, 0.29) is 29.6 Å². The summed E-state index contributed by atoms with van der Waals surface area (Å²) in [6.07, 6.45) is 1.05. The molecule has 4 rings (SSSR count). The van der Waals surface area contributed by atoms with Crippen LogP contribution >= 0.6 is 11.6 Å². The van der Waals surface area contributed by atoms with Crippen LogP contribution in [-0.4, -0.2) is 77.1 Å². The molecule has 0 saturated carbocycles. The lowest BCUT2D eigenvalue weighted by Crippen LogP contribution is -2.55. The van der Waals surface area contributed by atoms with Crippen molar-refractivity contribution >= 4 is 52.5 Å². The number of amides is 1. The third-order valence-corrected chi connectivity index (χ3v) is 6.90. The Labute approximate surface area is 246 Å². The number of carbonyl (C=O) groups excluding carboxylic acids is 2. The number of fused-ring (bicyclic) bond motifs is 1. The highest BCUT2D eigenvalue weighted by atomic mass is 35.5. The fourth-order valence-corrected chi connectivity index (χ4v) is 4.79. The number of anilines is 4. The van der Waals surface area contributed by atoms with Gasteiger partial charge in [0.2, 0.25) is 5.95 Å². The van der Waals surface area contributed by atoms with Gasteiger partial charge in [-0.05, 0) is 38.4 Å². The highest BCUT2D eigenvalue weighted by Gasteiger charge is 2.34. The maximum atomic E-state index is 12.5. The van der Waals surface area contributed by atoms with E-state index in [1.165, 1.54) is 17.8 Å². The van der Waals surface area contributed by atoms with E-state index in [0.717, 1.165) is 0 Å². The summed E-state index contributed by atoms with van der Waals surface area (Å²) in [6, 6.07) is 6.87. The smallest absolute Gasteiger partial charge is 0.407 e. The second-order valence-electron chi connectivity index (χ2n) is 9.30. The Hall–Kier alpha value is -4.86. The van der Waals surface area contributed by atoms with Crippen molar-refractivity contribution in [2.75, 3.05) is 48.8 Å². The predicted octanol–water partition coefficient (Wildman–Crippen LogP) is 2.28. The number of methoxy groups -OCH3 is 1. The van der Waals surface area contributed by atoms with Crippen molar-refractivity contribution in [3.8, 4) is 12.1 Å². The number of carbonyl (C=O) groups is 2. The highest BCUT2D eigenvalue weighted by Crippen LogP contribution is 2.37. The molecule has 220 valence electrons. The van der Waals surface area contributed by atoms with Crippen molar-refractivity contribution in [3.05, 3.63) is 34.6 Å². The zero-order valence-electron chi connectivity index (χ0n) is 23.1. The summed E-state index contributed by atoms with van der Waals surface area (Å²) in [5, 5.41) is 32.8. The number of piperidine rings is 1. The molecule has 0 bridgehead atoms. The Morgan fingerprint density at radius 2 is 2.10 bits per heavy atom. The van der Waals surface area contributed by atoms with E-state index in [2.05, 4.69) is 37.1 Å². The molecule has 3 heterocycles. The van der Waals surface area contributed by atoms with E-state index in [4.69, 9.17) is 26.8 Å². The number of esters is 1. The lowest BCUT2D eigenvalue weighted by molar-refractivity contribution is -0.150. The first-order chi connectivity index (χ1) is 20.3. The lowest BCUT2D eigenvalue weighted by atomic mass is 10.0. The molecule has 0 aliphatic carbocycles. The van der Waals surface area contributed by atoms with Gasteiger partial charge in [0, 0.05) is 19.5 Å². The number of ether oxygens (including phenoxy) is 2. The molecule has 1 fully saturated rings. The molecule has 3 aromatic rings. The van der Waals surface area contributed by atoms with Gasteiger partial charge >= 0.3 is 12.1 Å². The van der Waals surface area contributed by atoms with Crippen molar-refractivity contribution in [2.24, 2.45) is 5.73 Å². The molecule has 1 aromatic carbocycles. The number of benzene rings is 1. The standard InChI is InChI=1S/C26H30ClN11O4/c1-3-31-23-24-32-13-16(12-30)38(24)36-25(35-23)33-18-9-15(11-29)10-19(22(18)27)37-8-6-17(34-26(40)41-2)20(14-37)42-21(39)5-4-7-28/h9-10,13,17,20H,3-8,14,28H2,1-2H3,(H,34,40)(H2,31,33,35,36)/t17-,20-/m1/s1. The number of hydrogen-bond donors (Lipinski definition) is 4. The maximum absolute atomic E-state index is 12.5. The third-order valence-electron chi connectivity index (χ3n) is 6.51. The molecule has 1 aliphatic rings. The first-order valence-corrected chi connectivity index (χ1v) is 13.6. The minimum Gasteiger partial charge on any atom is -0.458 e. The van der Waals surface area contributed by atoms with Crippen molar-refractivity contribution in [2.45, 2.75) is 38.3 Å². The molecular formula is C26H30ClN11O4. The Balaban J connectivity index is 1.66. The molecule has 0 spiro atoms. The summed E-state index contributed by atoms with van der Waals surface area (Å²) in [4.78, 5) is 35.0. The van der Waals surface area contributed by atoms with Gasteiger partial charge in [-0.15, -0.1) is 5.10 Å². The maximum Gasteiger partial charge on any atom is 0.407 e. The summed E-state index contributed by atoms with van der Waals surface area (Å²) in [5.74, 6) is 0.0795. The Bertz CT molecular complexity index is 1550. The SMILES string of the molecule is CCNc1nc(Nc2cc(C#N)cc(N3CC[C@@H](NC(=O)OC)[C@H](OC(=O)CCCN)C3)c2Cl)nn2c(C#N)cnc12. The van der Waals surface area contributed by atoms with Crippen LogP contribution in [0.4, 0.5) is 27.9 Å². The molecule has 1 aliphatic heterocycles. The normalized spacial score (nSPS) is 16.3. The second-order valence-corrected chi connectivity index (χ2v) is 9.67. The molecule has 0 unspecified atom stereocenters. The largest absolute Gasteiger partial charge is 0.458 e. The molecule has 2 aromatic heterocycles. The first kappa shape index (κ1) is 30.1. The van der Waals surface area contributed by atoms with Crippen LogP contribution in [0.2, 0.25) is 5.02 Å². The topological polar surface area (TPSA) is 209 Å². The number of nitriles is 2. The number of alkyl carbamates (subject to hydrolysis) is 1. The van der Waals surface area contributed by atoms with Gasteiger partial charge in [-0.1, -0.05) is 11.6 Å². The monoisotopic (exact) mass is 595 g/mol. The summed E-state index contributed by atoms with van der Waals surface area (Å²) in [5.41, 5.74) is 7.27. The molecule has 5 N–H and O–H groups in total. The fraction of sp³-hybridized carbons (Fsp3) is 0.423. The molecule has 15 nitrogen and oxygen atoms in total. The van der Waals surface area contributed by atoms with Crippen LogP contribution in [0.5, 0.6) is 0 Å². The van der Waals surface area contributed by atoms with Crippen LogP contribution < -0.4 is 26.6 Å². The molecule has 2 atom stereocenters. The first-order valence-electron chi connectivity index (χ1n) is 13.2. The average molecular weight is 596 g/mol. The van der Waals surface area contributed by atoms with E-state index < -0.39 is 24.2 Å². The summed E-state index contributed by atoms with van der Waals surface area (Å²) < 4.78 is 11.8. The van der Waals surface area contributed by atoms with Gasteiger partial charge in [0.15, 0.2) is 17.2 Å². The van der Waals surface area contributed by atoms with Gasteiger partial charge < -0.3 is 36.1 Å². The number of halogens is 1. The number of hydrogen-bond acceptors (Lipinski definition) is 13.